The van der Waals surface area contributed by atoms with Crippen LogP contribution in [-0.4, -0.2) is 16.9 Å². The quantitative estimate of drug-likeness (QED) is 0.607. The predicted molar refractivity (Wildman–Crippen MR) is 87.5 cm³/mol. The van der Waals surface area contributed by atoms with Crippen molar-refractivity contribution in [1.82, 2.24) is 0 Å². The largest absolute Gasteiger partial charge is 0.481 e. The molecule has 0 aromatic heterocycles. The highest BCUT2D eigenvalue weighted by atomic mass is 16.4. The summed E-state index contributed by atoms with van der Waals surface area (Å²) in [6.45, 7) is 7.91. The normalized spacial score (nSPS) is 11.0. The van der Waals surface area contributed by atoms with Gasteiger partial charge < -0.3 is 5.11 Å². The lowest BCUT2D eigenvalue weighted by Gasteiger charge is -2.04. The zero-order chi connectivity index (χ0) is 16.3. The van der Waals surface area contributed by atoms with E-state index < -0.39 is 5.97 Å². The Hall–Kier alpha value is -2.16. The van der Waals surface area contributed by atoms with Gasteiger partial charge in [-0.3, -0.25) is 9.59 Å². The van der Waals surface area contributed by atoms with Crippen molar-refractivity contribution >= 4 is 17.3 Å². The van der Waals surface area contributed by atoms with E-state index in [0.29, 0.717) is 5.56 Å². The number of allylic oxidation sites excluding steroid dienone is 4. The molecule has 3 heteroatoms. The first kappa shape index (κ1) is 18.8. The van der Waals surface area contributed by atoms with Gasteiger partial charge in [0, 0.05) is 12.0 Å². The van der Waals surface area contributed by atoms with E-state index in [1.54, 1.807) is 12.1 Å². The molecule has 114 valence electrons. The maximum absolute atomic E-state index is 11.7. The number of benzene rings is 1. The van der Waals surface area contributed by atoms with E-state index in [0.717, 1.165) is 11.1 Å². The third-order valence-electron chi connectivity index (χ3n) is 2.76. The zero-order valence-electron chi connectivity index (χ0n) is 13.2. The van der Waals surface area contributed by atoms with Crippen molar-refractivity contribution < 1.29 is 14.7 Å². The van der Waals surface area contributed by atoms with Crippen molar-refractivity contribution in [2.24, 2.45) is 0 Å². The minimum atomic E-state index is -0.950. The van der Waals surface area contributed by atoms with Crippen molar-refractivity contribution in [2.45, 2.75) is 40.5 Å². The summed E-state index contributed by atoms with van der Waals surface area (Å²) in [7, 11) is 0. The van der Waals surface area contributed by atoms with Crippen LogP contribution in [0.15, 0.2) is 42.5 Å². The lowest BCUT2D eigenvalue weighted by atomic mass is 10.0. The Balaban J connectivity index is 0.00000191. The molecule has 0 heterocycles. The van der Waals surface area contributed by atoms with Crippen LogP contribution in [0.5, 0.6) is 0 Å². The van der Waals surface area contributed by atoms with Crippen molar-refractivity contribution in [1.29, 1.82) is 0 Å². The molecular weight excluding hydrogens is 264 g/mol. The molecule has 3 nitrogen and oxygen atoms in total. The van der Waals surface area contributed by atoms with Crippen molar-refractivity contribution in [3.8, 4) is 0 Å². The van der Waals surface area contributed by atoms with Crippen LogP contribution in [0, 0.1) is 0 Å². The second-order valence-corrected chi connectivity index (χ2v) is 4.14. The number of carboxylic acid groups (broad SMARTS) is 1. The second-order valence-electron chi connectivity index (χ2n) is 4.14. The van der Waals surface area contributed by atoms with E-state index in [2.05, 4.69) is 0 Å². The molecule has 0 atom stereocenters. The van der Waals surface area contributed by atoms with Gasteiger partial charge in [-0.1, -0.05) is 56.3 Å². The van der Waals surface area contributed by atoms with Crippen LogP contribution in [0.4, 0.5) is 0 Å². The number of hydrogen-bond acceptors (Lipinski definition) is 2. The van der Waals surface area contributed by atoms with Gasteiger partial charge in [-0.2, -0.15) is 0 Å². The molecule has 1 rings (SSSR count). The number of ketones is 1. The smallest absolute Gasteiger partial charge is 0.303 e. The average Bonchev–Trinajstić information content (AvgIpc) is 2.52. The fraction of sp³-hybridized carbons (Fsp3) is 0.333. The number of rotatable bonds is 6. The van der Waals surface area contributed by atoms with E-state index in [4.69, 9.17) is 5.11 Å². The van der Waals surface area contributed by atoms with Gasteiger partial charge in [0.2, 0.25) is 0 Å². The first-order chi connectivity index (χ1) is 10.1. The van der Waals surface area contributed by atoms with Crippen molar-refractivity contribution in [3.63, 3.8) is 0 Å². The van der Waals surface area contributed by atoms with Crippen LogP contribution in [-0.2, 0) is 4.79 Å². The Morgan fingerprint density at radius 3 is 1.95 bits per heavy atom. The highest BCUT2D eigenvalue weighted by Gasteiger charge is 2.08. The van der Waals surface area contributed by atoms with Gasteiger partial charge in [-0.25, -0.2) is 0 Å². The minimum absolute atomic E-state index is 0.0417. The highest BCUT2D eigenvalue weighted by molar-refractivity contribution is 5.97. The van der Waals surface area contributed by atoms with Crippen molar-refractivity contribution in [3.05, 3.63) is 53.6 Å². The van der Waals surface area contributed by atoms with Gasteiger partial charge in [-0.05, 0) is 25.0 Å². The summed E-state index contributed by atoms with van der Waals surface area (Å²) in [6.07, 6.45) is 5.88. The van der Waals surface area contributed by atoms with Crippen LogP contribution in [0.1, 0.15) is 56.5 Å². The molecule has 0 saturated heterocycles. The third kappa shape index (κ3) is 6.70. The molecule has 0 saturated carbocycles. The Bertz CT molecular complexity index is 508. The molecule has 1 aromatic rings. The summed E-state index contributed by atoms with van der Waals surface area (Å²) in [4.78, 5) is 22.2. The molecule has 0 spiro atoms. The van der Waals surface area contributed by atoms with Crippen LogP contribution in [0.2, 0.25) is 0 Å². The number of aliphatic carboxylic acids is 1. The van der Waals surface area contributed by atoms with Crippen molar-refractivity contribution in [2.75, 3.05) is 0 Å². The Labute approximate surface area is 127 Å². The number of carbonyl (C=O) groups is 2. The molecule has 0 aliphatic heterocycles. The molecule has 1 aromatic carbocycles. The van der Waals surface area contributed by atoms with E-state index in [-0.39, 0.29) is 18.6 Å². The van der Waals surface area contributed by atoms with Crippen LogP contribution < -0.4 is 0 Å². The van der Waals surface area contributed by atoms with E-state index in [1.165, 1.54) is 0 Å². The van der Waals surface area contributed by atoms with E-state index in [1.807, 2.05) is 58.1 Å². The van der Waals surface area contributed by atoms with Gasteiger partial charge in [0.1, 0.15) is 0 Å². The Morgan fingerprint density at radius 2 is 1.52 bits per heavy atom. The topological polar surface area (TPSA) is 54.4 Å². The summed E-state index contributed by atoms with van der Waals surface area (Å²) in [5.41, 5.74) is 2.68. The molecule has 0 unspecified atom stereocenters. The number of hydrogen-bond donors (Lipinski definition) is 1. The summed E-state index contributed by atoms with van der Waals surface area (Å²) in [6, 6.07) is 7.24. The van der Waals surface area contributed by atoms with Gasteiger partial charge in [-0.15, -0.1) is 0 Å². The lowest BCUT2D eigenvalue weighted by Crippen LogP contribution is -2.03. The summed E-state index contributed by atoms with van der Waals surface area (Å²) < 4.78 is 0. The zero-order valence-corrected chi connectivity index (χ0v) is 13.2. The lowest BCUT2D eigenvalue weighted by molar-refractivity contribution is -0.136. The van der Waals surface area contributed by atoms with Gasteiger partial charge >= 0.3 is 5.97 Å². The van der Waals surface area contributed by atoms with Gasteiger partial charge in [0.15, 0.2) is 5.78 Å². The van der Waals surface area contributed by atoms with E-state index in [9.17, 15) is 9.59 Å². The molecular formula is C18H24O3. The average molecular weight is 288 g/mol. The molecule has 0 amide bonds. The predicted octanol–water partition coefficient (Wildman–Crippen LogP) is 4.74. The minimum Gasteiger partial charge on any atom is -0.481 e. The molecule has 0 aliphatic rings. The van der Waals surface area contributed by atoms with Gasteiger partial charge in [0.05, 0.1) is 6.42 Å². The number of carbonyl (C=O) groups excluding carboxylic acids is 1. The molecule has 0 bridgehead atoms. The molecule has 1 N–H and O–H groups in total. The maximum atomic E-state index is 11.7. The number of Topliss-reactive ketones (excluding diaryl/α,β-unsaturated/α-hetero) is 1. The maximum Gasteiger partial charge on any atom is 0.303 e. The van der Waals surface area contributed by atoms with Crippen LogP contribution in [0.25, 0.3) is 5.57 Å². The van der Waals surface area contributed by atoms with E-state index >= 15 is 0 Å². The fourth-order valence-corrected chi connectivity index (χ4v) is 1.75. The van der Waals surface area contributed by atoms with Crippen LogP contribution >= 0.6 is 0 Å². The molecule has 21 heavy (non-hydrogen) atoms. The standard InChI is InChI=1S/C16H18O3.C2H6/c1-3-5-12(4-2)13-6-8-14(9-7-13)15(17)10-11-16(18)19;1-2/h3-9H,10-11H2,1-2H3,(H,18,19);1-2H3/b5-3-,12-4+;. The Morgan fingerprint density at radius 1 is 1.00 bits per heavy atom. The SMILES string of the molecule is C/C=C\C(=C/C)c1ccc(C(=O)CCC(=O)O)cc1.CC. The summed E-state index contributed by atoms with van der Waals surface area (Å²) in [5, 5.41) is 8.55. The second kappa shape index (κ2) is 10.6. The monoisotopic (exact) mass is 288 g/mol. The number of carboxylic acids is 1. The summed E-state index contributed by atoms with van der Waals surface area (Å²) in [5.74, 6) is -1.09. The van der Waals surface area contributed by atoms with Gasteiger partial charge in [0.25, 0.3) is 0 Å². The molecule has 0 fully saturated rings. The highest BCUT2D eigenvalue weighted by Crippen LogP contribution is 2.17. The third-order valence-corrected chi connectivity index (χ3v) is 2.76. The summed E-state index contributed by atoms with van der Waals surface area (Å²) >= 11 is 0. The molecule has 0 aliphatic carbocycles. The first-order valence-electron chi connectivity index (χ1n) is 7.23. The van der Waals surface area contributed by atoms with Crippen LogP contribution in [0.3, 0.4) is 0 Å². The molecule has 0 radical (unpaired) electrons. The first-order valence-corrected chi connectivity index (χ1v) is 7.23. The Kier molecular flexibility index (Phi) is 9.52. The fourth-order valence-electron chi connectivity index (χ4n) is 1.75.